The summed E-state index contributed by atoms with van der Waals surface area (Å²) in [6.45, 7) is 0.442. The van der Waals surface area contributed by atoms with Crippen molar-refractivity contribution in [1.29, 1.82) is 0 Å². The first kappa shape index (κ1) is 12.1. The standard InChI is InChI=1S/C8H9F2N3O3/c1-4(14)11-7-5(8(15)16)2-13(12-7)3-6(9)10/h2,6H,3H2,1H3,(H,15,16)(H,11,12,14). The van der Waals surface area contributed by atoms with E-state index in [-0.39, 0.29) is 11.4 Å². The van der Waals surface area contributed by atoms with Gasteiger partial charge in [-0.2, -0.15) is 5.10 Å². The van der Waals surface area contributed by atoms with Gasteiger partial charge in [0, 0.05) is 13.1 Å². The van der Waals surface area contributed by atoms with E-state index in [9.17, 15) is 18.4 Å². The molecule has 16 heavy (non-hydrogen) atoms. The van der Waals surface area contributed by atoms with Gasteiger partial charge in [0.1, 0.15) is 12.1 Å². The third kappa shape index (κ3) is 3.01. The molecule has 0 bridgehead atoms. The van der Waals surface area contributed by atoms with E-state index in [1.807, 2.05) is 0 Å². The third-order valence-corrected chi connectivity index (χ3v) is 1.61. The Morgan fingerprint density at radius 1 is 1.62 bits per heavy atom. The molecule has 1 aromatic rings. The van der Waals surface area contributed by atoms with Gasteiger partial charge in [-0.1, -0.05) is 0 Å². The lowest BCUT2D eigenvalue weighted by atomic mass is 10.3. The minimum Gasteiger partial charge on any atom is -0.477 e. The van der Waals surface area contributed by atoms with Crippen LogP contribution in [0.15, 0.2) is 6.20 Å². The molecule has 0 aromatic carbocycles. The molecule has 88 valence electrons. The molecule has 8 heteroatoms. The number of aromatic carboxylic acids is 1. The van der Waals surface area contributed by atoms with Crippen molar-refractivity contribution < 1.29 is 23.5 Å². The summed E-state index contributed by atoms with van der Waals surface area (Å²) in [5.74, 6) is -2.10. The highest BCUT2D eigenvalue weighted by Crippen LogP contribution is 2.14. The second kappa shape index (κ2) is 4.69. The number of carboxylic acid groups (broad SMARTS) is 1. The van der Waals surface area contributed by atoms with Crippen LogP contribution in [0.4, 0.5) is 14.6 Å². The summed E-state index contributed by atoms with van der Waals surface area (Å²) in [6.07, 6.45) is -1.70. The molecule has 2 N–H and O–H groups in total. The number of carboxylic acids is 1. The molecule has 1 aromatic heterocycles. The fourth-order valence-electron chi connectivity index (χ4n) is 1.07. The summed E-state index contributed by atoms with van der Waals surface area (Å²) < 4.78 is 24.8. The SMILES string of the molecule is CC(=O)Nc1nn(CC(F)F)cc1C(=O)O. The molecular formula is C8H9F2N3O3. The lowest BCUT2D eigenvalue weighted by molar-refractivity contribution is -0.114. The lowest BCUT2D eigenvalue weighted by Gasteiger charge is -1.99. The van der Waals surface area contributed by atoms with Gasteiger partial charge in [-0.05, 0) is 0 Å². The summed E-state index contributed by atoms with van der Waals surface area (Å²) in [4.78, 5) is 21.4. The second-order valence-electron chi connectivity index (χ2n) is 2.99. The van der Waals surface area contributed by atoms with Gasteiger partial charge in [-0.25, -0.2) is 13.6 Å². The Hall–Kier alpha value is -1.99. The first-order valence-electron chi connectivity index (χ1n) is 4.26. The fraction of sp³-hybridized carbons (Fsp3) is 0.375. The zero-order valence-corrected chi connectivity index (χ0v) is 8.28. The average molecular weight is 233 g/mol. The molecule has 6 nitrogen and oxygen atoms in total. The number of aromatic nitrogens is 2. The zero-order chi connectivity index (χ0) is 12.3. The van der Waals surface area contributed by atoms with Crippen LogP contribution in [-0.4, -0.2) is 33.2 Å². The maximum absolute atomic E-state index is 12.0. The van der Waals surface area contributed by atoms with E-state index in [0.29, 0.717) is 0 Å². The predicted octanol–water partition coefficient (Wildman–Crippen LogP) is 0.805. The van der Waals surface area contributed by atoms with E-state index in [2.05, 4.69) is 10.4 Å². The molecular weight excluding hydrogens is 224 g/mol. The summed E-state index contributed by atoms with van der Waals surface area (Å²) in [6, 6.07) is 0. The zero-order valence-electron chi connectivity index (χ0n) is 8.28. The number of carbonyl (C=O) groups is 2. The molecule has 0 fully saturated rings. The Morgan fingerprint density at radius 2 is 2.25 bits per heavy atom. The van der Waals surface area contributed by atoms with E-state index >= 15 is 0 Å². The molecule has 0 aliphatic rings. The molecule has 1 rings (SSSR count). The van der Waals surface area contributed by atoms with Crippen LogP contribution in [0.3, 0.4) is 0 Å². The van der Waals surface area contributed by atoms with Gasteiger partial charge in [-0.3, -0.25) is 9.48 Å². The van der Waals surface area contributed by atoms with Gasteiger partial charge in [0.15, 0.2) is 5.82 Å². The summed E-state index contributed by atoms with van der Waals surface area (Å²) >= 11 is 0. The number of hydrogen-bond donors (Lipinski definition) is 2. The molecule has 1 amide bonds. The first-order chi connectivity index (χ1) is 7.40. The van der Waals surface area contributed by atoms with Gasteiger partial charge in [0.2, 0.25) is 5.91 Å². The molecule has 0 atom stereocenters. The maximum atomic E-state index is 12.0. The van der Waals surface area contributed by atoms with E-state index in [0.717, 1.165) is 17.8 Å². The third-order valence-electron chi connectivity index (χ3n) is 1.61. The molecule has 0 saturated carbocycles. The molecule has 1 heterocycles. The smallest absolute Gasteiger partial charge is 0.341 e. The maximum Gasteiger partial charge on any atom is 0.341 e. The van der Waals surface area contributed by atoms with Crippen LogP contribution in [0.1, 0.15) is 17.3 Å². The number of alkyl halides is 2. The minimum absolute atomic E-state index is 0.236. The number of halogens is 2. The van der Waals surface area contributed by atoms with Crippen LogP contribution in [-0.2, 0) is 11.3 Å². The predicted molar refractivity (Wildman–Crippen MR) is 49.5 cm³/mol. The van der Waals surface area contributed by atoms with E-state index in [1.54, 1.807) is 0 Å². The van der Waals surface area contributed by atoms with Gasteiger partial charge in [0.05, 0.1) is 0 Å². The van der Waals surface area contributed by atoms with Crippen LogP contribution >= 0.6 is 0 Å². The van der Waals surface area contributed by atoms with Crippen LogP contribution < -0.4 is 5.32 Å². The number of nitrogens with one attached hydrogen (secondary N) is 1. The Kier molecular flexibility index (Phi) is 3.54. The number of amides is 1. The topological polar surface area (TPSA) is 84.2 Å². The summed E-state index contributed by atoms with van der Waals surface area (Å²) in [7, 11) is 0. The molecule has 0 spiro atoms. The van der Waals surface area contributed by atoms with Gasteiger partial charge >= 0.3 is 5.97 Å². The first-order valence-corrected chi connectivity index (χ1v) is 4.26. The average Bonchev–Trinajstić information content (AvgIpc) is 2.45. The van der Waals surface area contributed by atoms with Crippen molar-refractivity contribution >= 4 is 17.7 Å². The van der Waals surface area contributed by atoms with Crippen molar-refractivity contribution in [3.8, 4) is 0 Å². The van der Waals surface area contributed by atoms with Crippen molar-refractivity contribution in [2.45, 2.75) is 19.9 Å². The highest BCUT2D eigenvalue weighted by molar-refractivity contribution is 5.98. The summed E-state index contributed by atoms with van der Waals surface area (Å²) in [5.41, 5.74) is -0.323. The van der Waals surface area contributed by atoms with Crippen molar-refractivity contribution in [3.05, 3.63) is 11.8 Å². The van der Waals surface area contributed by atoms with E-state index in [1.165, 1.54) is 0 Å². The number of rotatable bonds is 4. The van der Waals surface area contributed by atoms with Gasteiger partial charge in [-0.15, -0.1) is 0 Å². The molecule has 0 saturated heterocycles. The minimum atomic E-state index is -2.65. The molecule has 0 aliphatic heterocycles. The fourth-order valence-corrected chi connectivity index (χ4v) is 1.07. The van der Waals surface area contributed by atoms with Crippen LogP contribution in [0.2, 0.25) is 0 Å². The number of anilines is 1. The van der Waals surface area contributed by atoms with Crippen LogP contribution in [0.25, 0.3) is 0 Å². The molecule has 0 unspecified atom stereocenters. The van der Waals surface area contributed by atoms with Gasteiger partial charge < -0.3 is 10.4 Å². The van der Waals surface area contributed by atoms with Crippen molar-refractivity contribution in [1.82, 2.24) is 9.78 Å². The Morgan fingerprint density at radius 3 is 2.69 bits per heavy atom. The Labute approximate surface area is 88.9 Å². The number of nitrogens with zero attached hydrogens (tertiary/aromatic N) is 2. The van der Waals surface area contributed by atoms with Crippen LogP contribution in [0.5, 0.6) is 0 Å². The molecule has 0 aliphatic carbocycles. The largest absolute Gasteiger partial charge is 0.477 e. The monoisotopic (exact) mass is 233 g/mol. The lowest BCUT2D eigenvalue weighted by Crippen LogP contribution is -2.11. The quantitative estimate of drug-likeness (QED) is 0.805. The highest BCUT2D eigenvalue weighted by atomic mass is 19.3. The molecule has 0 radical (unpaired) electrons. The van der Waals surface area contributed by atoms with E-state index < -0.39 is 24.8 Å². The normalized spacial score (nSPS) is 10.5. The van der Waals surface area contributed by atoms with Crippen LogP contribution in [0, 0.1) is 0 Å². The van der Waals surface area contributed by atoms with E-state index in [4.69, 9.17) is 5.11 Å². The highest BCUT2D eigenvalue weighted by Gasteiger charge is 2.17. The van der Waals surface area contributed by atoms with Crippen molar-refractivity contribution in [3.63, 3.8) is 0 Å². The van der Waals surface area contributed by atoms with Crippen molar-refractivity contribution in [2.75, 3.05) is 5.32 Å². The Bertz CT molecular complexity index is 417. The Balaban J connectivity index is 3.00. The second-order valence-corrected chi connectivity index (χ2v) is 2.99. The number of carbonyl (C=O) groups excluding carboxylic acids is 1. The summed E-state index contributed by atoms with van der Waals surface area (Å²) in [5, 5.41) is 14.4. The number of hydrogen-bond acceptors (Lipinski definition) is 3. The van der Waals surface area contributed by atoms with Gasteiger partial charge in [0.25, 0.3) is 6.43 Å². The van der Waals surface area contributed by atoms with Crippen molar-refractivity contribution in [2.24, 2.45) is 0 Å².